The van der Waals surface area contributed by atoms with Crippen molar-refractivity contribution in [3.63, 3.8) is 0 Å². The van der Waals surface area contributed by atoms with E-state index in [-0.39, 0.29) is 11.2 Å². The number of hydrogen-bond acceptors (Lipinski definition) is 4. The number of hydrogen-bond donors (Lipinski definition) is 1. The zero-order chi connectivity index (χ0) is 18.1. The molecule has 2 rings (SSSR count). The van der Waals surface area contributed by atoms with E-state index in [0.717, 1.165) is 28.3 Å². The van der Waals surface area contributed by atoms with Crippen molar-refractivity contribution >= 4 is 35.7 Å². The summed E-state index contributed by atoms with van der Waals surface area (Å²) < 4.78 is 5.75. The standard InChI is InChI=1S/C19H20ClNO3S/c1-25-18(19(23)21-13-22)12-15-5-7-17(8-6-15)24-10-9-14-3-2-4-16(20)11-14/h2-8,11,13,18H,9-10,12H2,1H3,(H,21,22,23). The Morgan fingerprint density at radius 2 is 2.00 bits per heavy atom. The summed E-state index contributed by atoms with van der Waals surface area (Å²) in [5.41, 5.74) is 2.15. The lowest BCUT2D eigenvalue weighted by molar-refractivity contribution is -0.124. The SMILES string of the molecule is CSC(Cc1ccc(OCCc2cccc(Cl)c2)cc1)C(=O)NC=O. The van der Waals surface area contributed by atoms with E-state index in [0.29, 0.717) is 19.4 Å². The molecule has 2 aromatic rings. The largest absolute Gasteiger partial charge is 0.493 e. The fraction of sp³-hybridized carbons (Fsp3) is 0.263. The number of halogens is 1. The van der Waals surface area contributed by atoms with Gasteiger partial charge in [-0.3, -0.25) is 14.9 Å². The number of nitrogens with one attached hydrogen (secondary N) is 1. The number of carbonyl (C=O) groups excluding carboxylic acids is 2. The van der Waals surface area contributed by atoms with Crippen molar-refractivity contribution in [1.82, 2.24) is 5.32 Å². The molecule has 0 heterocycles. The van der Waals surface area contributed by atoms with Crippen molar-refractivity contribution in [1.29, 1.82) is 0 Å². The third-order valence-corrected chi connectivity index (χ3v) is 4.86. The third-order valence-electron chi connectivity index (χ3n) is 3.67. The molecule has 0 aromatic heterocycles. The molecule has 0 aliphatic heterocycles. The Kier molecular flexibility index (Phi) is 7.82. The quantitative estimate of drug-likeness (QED) is 0.679. The average molecular weight is 378 g/mol. The summed E-state index contributed by atoms with van der Waals surface area (Å²) in [7, 11) is 0. The lowest BCUT2D eigenvalue weighted by Gasteiger charge is -2.13. The molecule has 0 spiro atoms. The smallest absolute Gasteiger partial charge is 0.239 e. The molecule has 2 aromatic carbocycles. The number of rotatable bonds is 9. The Morgan fingerprint density at radius 1 is 1.24 bits per heavy atom. The maximum absolute atomic E-state index is 11.7. The molecule has 0 saturated heterocycles. The highest BCUT2D eigenvalue weighted by atomic mass is 35.5. The number of thioether (sulfide) groups is 1. The highest BCUT2D eigenvalue weighted by Crippen LogP contribution is 2.18. The van der Waals surface area contributed by atoms with E-state index >= 15 is 0 Å². The van der Waals surface area contributed by atoms with E-state index in [4.69, 9.17) is 16.3 Å². The second-order valence-electron chi connectivity index (χ2n) is 5.43. The molecule has 0 aliphatic rings. The summed E-state index contributed by atoms with van der Waals surface area (Å²) in [5.74, 6) is 0.508. The van der Waals surface area contributed by atoms with Gasteiger partial charge in [-0.25, -0.2) is 0 Å². The van der Waals surface area contributed by atoms with E-state index < -0.39 is 0 Å². The van der Waals surface area contributed by atoms with Crippen molar-refractivity contribution in [2.45, 2.75) is 18.1 Å². The molecule has 0 fully saturated rings. The Bertz CT molecular complexity index is 706. The zero-order valence-electron chi connectivity index (χ0n) is 13.9. The molecule has 0 aliphatic carbocycles. The van der Waals surface area contributed by atoms with Gasteiger partial charge in [-0.1, -0.05) is 35.9 Å². The van der Waals surface area contributed by atoms with Gasteiger partial charge in [0.1, 0.15) is 5.75 Å². The number of ether oxygens (including phenoxy) is 1. The van der Waals surface area contributed by atoms with Gasteiger partial charge in [0.25, 0.3) is 0 Å². The molecule has 0 bridgehead atoms. The molecule has 25 heavy (non-hydrogen) atoms. The molecular weight excluding hydrogens is 358 g/mol. The Balaban J connectivity index is 1.84. The molecule has 0 saturated carbocycles. The Morgan fingerprint density at radius 3 is 2.64 bits per heavy atom. The van der Waals surface area contributed by atoms with E-state index in [9.17, 15) is 9.59 Å². The highest BCUT2D eigenvalue weighted by Gasteiger charge is 2.17. The summed E-state index contributed by atoms with van der Waals surface area (Å²) in [5, 5.41) is 2.64. The van der Waals surface area contributed by atoms with Crippen LogP contribution >= 0.6 is 23.4 Å². The van der Waals surface area contributed by atoms with Gasteiger partial charge in [0.05, 0.1) is 11.9 Å². The van der Waals surface area contributed by atoms with Gasteiger partial charge in [-0.05, 0) is 48.1 Å². The van der Waals surface area contributed by atoms with Crippen molar-refractivity contribution in [2.24, 2.45) is 0 Å². The van der Waals surface area contributed by atoms with Crippen molar-refractivity contribution < 1.29 is 14.3 Å². The molecule has 1 unspecified atom stereocenters. The minimum Gasteiger partial charge on any atom is -0.493 e. The first-order valence-electron chi connectivity index (χ1n) is 7.85. The second-order valence-corrected chi connectivity index (χ2v) is 6.90. The van der Waals surface area contributed by atoms with Crippen LogP contribution < -0.4 is 10.1 Å². The number of amides is 2. The predicted molar refractivity (Wildman–Crippen MR) is 102 cm³/mol. The summed E-state index contributed by atoms with van der Waals surface area (Å²) in [6, 6.07) is 15.4. The van der Waals surface area contributed by atoms with E-state index in [1.807, 2.05) is 54.8 Å². The maximum atomic E-state index is 11.7. The maximum Gasteiger partial charge on any atom is 0.239 e. The van der Waals surface area contributed by atoms with Crippen LogP contribution in [0.4, 0.5) is 0 Å². The highest BCUT2D eigenvalue weighted by molar-refractivity contribution is 7.99. The lowest BCUT2D eigenvalue weighted by atomic mass is 10.1. The van der Waals surface area contributed by atoms with E-state index in [1.165, 1.54) is 11.8 Å². The van der Waals surface area contributed by atoms with Crippen LogP contribution in [-0.4, -0.2) is 30.4 Å². The van der Waals surface area contributed by atoms with Crippen LogP contribution in [0.15, 0.2) is 48.5 Å². The third kappa shape index (κ3) is 6.44. The number of carbonyl (C=O) groups is 2. The summed E-state index contributed by atoms with van der Waals surface area (Å²) in [4.78, 5) is 22.1. The van der Waals surface area contributed by atoms with Crippen LogP contribution in [0.1, 0.15) is 11.1 Å². The summed E-state index contributed by atoms with van der Waals surface area (Å²) in [6.07, 6.45) is 3.61. The number of imide groups is 1. The topological polar surface area (TPSA) is 55.4 Å². The van der Waals surface area contributed by atoms with Crippen molar-refractivity contribution in [2.75, 3.05) is 12.9 Å². The van der Waals surface area contributed by atoms with Crippen molar-refractivity contribution in [3.05, 3.63) is 64.7 Å². The molecule has 2 amide bonds. The van der Waals surface area contributed by atoms with Crippen LogP contribution in [0.3, 0.4) is 0 Å². The van der Waals surface area contributed by atoms with Gasteiger partial charge in [-0.2, -0.15) is 11.8 Å². The zero-order valence-corrected chi connectivity index (χ0v) is 15.5. The van der Waals surface area contributed by atoms with Crippen LogP contribution in [0.25, 0.3) is 0 Å². The monoisotopic (exact) mass is 377 g/mol. The van der Waals surface area contributed by atoms with Gasteiger partial charge in [0.2, 0.25) is 12.3 Å². The molecule has 4 nitrogen and oxygen atoms in total. The molecule has 6 heteroatoms. The van der Waals surface area contributed by atoms with Crippen LogP contribution in [0.2, 0.25) is 5.02 Å². The van der Waals surface area contributed by atoms with Crippen LogP contribution in [-0.2, 0) is 22.4 Å². The van der Waals surface area contributed by atoms with Gasteiger partial charge < -0.3 is 4.74 Å². The van der Waals surface area contributed by atoms with E-state index in [1.54, 1.807) is 0 Å². The van der Waals surface area contributed by atoms with Gasteiger partial charge in [-0.15, -0.1) is 0 Å². The van der Waals surface area contributed by atoms with Gasteiger partial charge in [0, 0.05) is 11.4 Å². The first-order valence-corrected chi connectivity index (χ1v) is 9.52. The summed E-state index contributed by atoms with van der Waals surface area (Å²) >= 11 is 7.38. The normalized spacial score (nSPS) is 11.6. The first-order chi connectivity index (χ1) is 12.1. The minimum absolute atomic E-state index is 0.274. The summed E-state index contributed by atoms with van der Waals surface area (Å²) in [6.45, 7) is 0.564. The second kappa shape index (κ2) is 10.1. The van der Waals surface area contributed by atoms with E-state index in [2.05, 4.69) is 5.32 Å². The average Bonchev–Trinajstić information content (AvgIpc) is 2.61. The minimum atomic E-state index is -0.292. The molecule has 0 radical (unpaired) electrons. The Hall–Kier alpha value is -1.98. The number of benzene rings is 2. The van der Waals surface area contributed by atoms with Crippen LogP contribution in [0.5, 0.6) is 5.75 Å². The first kappa shape index (κ1) is 19.3. The van der Waals surface area contributed by atoms with Crippen molar-refractivity contribution in [3.8, 4) is 5.75 Å². The Labute approximate surface area is 156 Å². The fourth-order valence-corrected chi connectivity index (χ4v) is 3.20. The predicted octanol–water partition coefficient (Wildman–Crippen LogP) is 3.51. The fourth-order valence-electron chi connectivity index (χ4n) is 2.35. The molecule has 132 valence electrons. The molecule has 1 atom stereocenters. The van der Waals surface area contributed by atoms with Crippen LogP contribution in [0, 0.1) is 0 Å². The molecular formula is C19H20ClNO3S. The van der Waals surface area contributed by atoms with Gasteiger partial charge >= 0.3 is 0 Å². The lowest BCUT2D eigenvalue weighted by Crippen LogP contribution is -2.32. The van der Waals surface area contributed by atoms with Gasteiger partial charge in [0.15, 0.2) is 0 Å². The molecule has 1 N–H and O–H groups in total.